The summed E-state index contributed by atoms with van der Waals surface area (Å²) in [5.41, 5.74) is 4.13. The lowest BCUT2D eigenvalue weighted by atomic mass is 10.1. The van der Waals surface area contributed by atoms with Gasteiger partial charge in [-0.3, -0.25) is 4.90 Å². The molecule has 1 aliphatic rings. The van der Waals surface area contributed by atoms with Crippen molar-refractivity contribution in [3.05, 3.63) is 59.4 Å². The number of hydrogen-bond donors (Lipinski definition) is 1. The zero-order valence-electron chi connectivity index (χ0n) is 10.3. The van der Waals surface area contributed by atoms with Gasteiger partial charge in [-0.15, -0.1) is 0 Å². The Morgan fingerprint density at radius 1 is 1.06 bits per heavy atom. The Bertz CT molecular complexity index is 580. The quantitative estimate of drug-likeness (QED) is 0.866. The molecule has 0 aromatic heterocycles. The highest BCUT2D eigenvalue weighted by molar-refractivity contribution is 5.61. The van der Waals surface area contributed by atoms with Crippen LogP contribution in [0.5, 0.6) is 0 Å². The maximum atomic E-state index is 13.5. The third-order valence-corrected chi connectivity index (χ3v) is 3.24. The first-order valence-electron chi connectivity index (χ1n) is 6.04. The second kappa shape index (κ2) is 4.42. The van der Waals surface area contributed by atoms with E-state index in [1.54, 1.807) is 12.1 Å². The molecule has 2 aromatic carbocycles. The highest BCUT2D eigenvalue weighted by atomic mass is 19.1. The summed E-state index contributed by atoms with van der Waals surface area (Å²) in [6.45, 7) is 1.96. The fourth-order valence-electron chi connectivity index (χ4n) is 2.36. The first-order valence-corrected chi connectivity index (χ1v) is 6.04. The van der Waals surface area contributed by atoms with Gasteiger partial charge < -0.3 is 5.32 Å². The Balaban J connectivity index is 1.87. The van der Waals surface area contributed by atoms with Crippen molar-refractivity contribution in [2.75, 3.05) is 12.4 Å². The monoisotopic (exact) mass is 242 g/mol. The van der Waals surface area contributed by atoms with E-state index in [1.165, 1.54) is 17.2 Å². The van der Waals surface area contributed by atoms with Gasteiger partial charge in [0.15, 0.2) is 0 Å². The molecular weight excluding hydrogens is 227 g/mol. The van der Waals surface area contributed by atoms with Crippen LogP contribution in [0.3, 0.4) is 0 Å². The highest BCUT2D eigenvalue weighted by Gasteiger charge is 2.15. The Labute approximate surface area is 106 Å². The summed E-state index contributed by atoms with van der Waals surface area (Å²) in [6, 6.07) is 12.9. The third-order valence-electron chi connectivity index (χ3n) is 3.24. The third kappa shape index (κ3) is 2.09. The number of nitrogens with one attached hydrogen (secondary N) is 1. The van der Waals surface area contributed by atoms with Crippen molar-refractivity contribution < 1.29 is 4.39 Å². The van der Waals surface area contributed by atoms with E-state index in [4.69, 9.17) is 0 Å². The van der Waals surface area contributed by atoms with Gasteiger partial charge in [0, 0.05) is 18.8 Å². The summed E-state index contributed by atoms with van der Waals surface area (Å²) < 4.78 is 13.5. The molecule has 0 aliphatic carbocycles. The molecule has 1 aliphatic heterocycles. The standard InChI is InChI=1S/C15H15FN2/c1-18-9-11-6-7-13(8-12(11)10-18)17-15-5-3-2-4-14(15)16/h2-8,17H,9-10H2,1H3. The number of fused-ring (bicyclic) bond motifs is 1. The molecule has 2 nitrogen and oxygen atoms in total. The van der Waals surface area contributed by atoms with Gasteiger partial charge in [-0.1, -0.05) is 18.2 Å². The number of nitrogens with zero attached hydrogens (tertiary/aromatic N) is 1. The molecule has 0 bridgehead atoms. The Hall–Kier alpha value is -1.87. The molecule has 0 saturated carbocycles. The van der Waals surface area contributed by atoms with E-state index in [0.717, 1.165) is 18.8 Å². The SMILES string of the molecule is CN1Cc2ccc(Nc3ccccc3F)cc2C1. The predicted octanol–water partition coefficient (Wildman–Crippen LogP) is 3.51. The van der Waals surface area contributed by atoms with Crippen LogP contribution in [0.1, 0.15) is 11.1 Å². The Kier molecular flexibility index (Phi) is 2.76. The lowest BCUT2D eigenvalue weighted by Gasteiger charge is -2.08. The summed E-state index contributed by atoms with van der Waals surface area (Å²) in [5.74, 6) is -0.227. The summed E-state index contributed by atoms with van der Waals surface area (Å²) >= 11 is 0. The molecule has 3 heteroatoms. The second-order valence-electron chi connectivity index (χ2n) is 4.76. The average molecular weight is 242 g/mol. The predicted molar refractivity (Wildman–Crippen MR) is 71.3 cm³/mol. The Morgan fingerprint density at radius 3 is 2.67 bits per heavy atom. The van der Waals surface area contributed by atoms with E-state index >= 15 is 0 Å². The van der Waals surface area contributed by atoms with E-state index in [9.17, 15) is 4.39 Å². The van der Waals surface area contributed by atoms with Gasteiger partial charge in [0.1, 0.15) is 5.82 Å². The molecule has 1 heterocycles. The fraction of sp³-hybridized carbons (Fsp3) is 0.200. The smallest absolute Gasteiger partial charge is 0.146 e. The molecule has 92 valence electrons. The van der Waals surface area contributed by atoms with Crippen LogP contribution in [0, 0.1) is 5.82 Å². The highest BCUT2D eigenvalue weighted by Crippen LogP contribution is 2.26. The van der Waals surface area contributed by atoms with Gasteiger partial charge in [-0.2, -0.15) is 0 Å². The van der Waals surface area contributed by atoms with E-state index in [0.29, 0.717) is 5.69 Å². The van der Waals surface area contributed by atoms with Gasteiger partial charge >= 0.3 is 0 Å². The van der Waals surface area contributed by atoms with Crippen LogP contribution in [0.4, 0.5) is 15.8 Å². The van der Waals surface area contributed by atoms with Crippen LogP contribution in [-0.4, -0.2) is 11.9 Å². The molecule has 0 fully saturated rings. The van der Waals surface area contributed by atoms with Crippen LogP contribution in [0.25, 0.3) is 0 Å². The number of hydrogen-bond acceptors (Lipinski definition) is 2. The van der Waals surface area contributed by atoms with E-state index in [2.05, 4.69) is 29.4 Å². The minimum absolute atomic E-state index is 0.227. The van der Waals surface area contributed by atoms with E-state index in [-0.39, 0.29) is 5.82 Å². The van der Waals surface area contributed by atoms with Crippen molar-refractivity contribution in [1.29, 1.82) is 0 Å². The normalized spacial score (nSPS) is 14.6. The number of benzene rings is 2. The number of anilines is 2. The van der Waals surface area contributed by atoms with Crippen molar-refractivity contribution in [2.24, 2.45) is 0 Å². The first kappa shape index (κ1) is 11.2. The van der Waals surface area contributed by atoms with Gasteiger partial charge in [-0.05, 0) is 42.4 Å². The van der Waals surface area contributed by atoms with Crippen LogP contribution < -0.4 is 5.32 Å². The van der Waals surface area contributed by atoms with E-state index < -0.39 is 0 Å². The zero-order chi connectivity index (χ0) is 12.5. The van der Waals surface area contributed by atoms with E-state index in [1.807, 2.05) is 12.1 Å². The van der Waals surface area contributed by atoms with Gasteiger partial charge in [0.2, 0.25) is 0 Å². The molecule has 0 spiro atoms. The molecule has 0 unspecified atom stereocenters. The summed E-state index contributed by atoms with van der Waals surface area (Å²) in [5, 5.41) is 3.12. The first-order chi connectivity index (χ1) is 8.72. The lowest BCUT2D eigenvalue weighted by Crippen LogP contribution is -2.07. The molecule has 18 heavy (non-hydrogen) atoms. The van der Waals surface area contributed by atoms with Crippen molar-refractivity contribution >= 4 is 11.4 Å². The van der Waals surface area contributed by atoms with Crippen LogP contribution in [0.2, 0.25) is 0 Å². The average Bonchev–Trinajstić information content (AvgIpc) is 2.71. The topological polar surface area (TPSA) is 15.3 Å². The minimum atomic E-state index is -0.227. The molecule has 0 saturated heterocycles. The number of rotatable bonds is 2. The summed E-state index contributed by atoms with van der Waals surface area (Å²) in [7, 11) is 2.10. The second-order valence-corrected chi connectivity index (χ2v) is 4.76. The molecule has 0 radical (unpaired) electrons. The zero-order valence-corrected chi connectivity index (χ0v) is 10.3. The fourth-order valence-corrected chi connectivity index (χ4v) is 2.36. The van der Waals surface area contributed by atoms with Crippen molar-refractivity contribution in [3.8, 4) is 0 Å². The molecule has 0 amide bonds. The number of halogens is 1. The molecule has 2 aromatic rings. The maximum absolute atomic E-state index is 13.5. The van der Waals surface area contributed by atoms with Crippen molar-refractivity contribution in [2.45, 2.75) is 13.1 Å². The minimum Gasteiger partial charge on any atom is -0.353 e. The lowest BCUT2D eigenvalue weighted by molar-refractivity contribution is 0.353. The van der Waals surface area contributed by atoms with Crippen LogP contribution >= 0.6 is 0 Å². The summed E-state index contributed by atoms with van der Waals surface area (Å²) in [4.78, 5) is 2.26. The largest absolute Gasteiger partial charge is 0.353 e. The molecule has 3 rings (SSSR count). The molecular formula is C15H15FN2. The van der Waals surface area contributed by atoms with Crippen molar-refractivity contribution in [3.63, 3.8) is 0 Å². The van der Waals surface area contributed by atoms with Gasteiger partial charge in [-0.25, -0.2) is 4.39 Å². The van der Waals surface area contributed by atoms with Crippen molar-refractivity contribution in [1.82, 2.24) is 4.90 Å². The number of para-hydroxylation sites is 1. The van der Waals surface area contributed by atoms with Crippen LogP contribution in [0.15, 0.2) is 42.5 Å². The van der Waals surface area contributed by atoms with Gasteiger partial charge in [0.05, 0.1) is 5.69 Å². The van der Waals surface area contributed by atoms with Crippen LogP contribution in [-0.2, 0) is 13.1 Å². The summed E-state index contributed by atoms with van der Waals surface area (Å²) in [6.07, 6.45) is 0. The molecule has 1 N–H and O–H groups in total. The Morgan fingerprint density at radius 2 is 1.83 bits per heavy atom. The van der Waals surface area contributed by atoms with Gasteiger partial charge in [0.25, 0.3) is 0 Å². The molecule has 0 atom stereocenters. The maximum Gasteiger partial charge on any atom is 0.146 e.